The number of nitrogens with zero attached hydrogens (tertiary/aromatic N) is 2. The lowest BCUT2D eigenvalue weighted by Crippen LogP contribution is -2.30. The molecule has 2 rings (SSSR count). The van der Waals surface area contributed by atoms with Gasteiger partial charge in [-0.1, -0.05) is 13.8 Å². The topological polar surface area (TPSA) is 78.1 Å². The highest BCUT2D eigenvalue weighted by atomic mass is 32.2. The lowest BCUT2D eigenvalue weighted by atomic mass is 9.96. The Morgan fingerprint density at radius 3 is 2.75 bits per heavy atom. The van der Waals surface area contributed by atoms with E-state index < -0.39 is 10.0 Å². The van der Waals surface area contributed by atoms with Crippen LogP contribution in [0.1, 0.15) is 31.5 Å². The molecule has 1 saturated heterocycles. The summed E-state index contributed by atoms with van der Waals surface area (Å²) < 4.78 is 27.0. The summed E-state index contributed by atoms with van der Waals surface area (Å²) >= 11 is 0. The summed E-state index contributed by atoms with van der Waals surface area (Å²) in [6.07, 6.45) is 0.932. The average Bonchev–Trinajstić information content (AvgIpc) is 2.98. The monoisotopic (exact) mass is 300 g/mol. The Hall–Kier alpha value is -0.920. The zero-order valence-electron chi connectivity index (χ0n) is 12.6. The number of H-pyrrole nitrogens is 1. The smallest absolute Gasteiger partial charge is 0.262 e. The summed E-state index contributed by atoms with van der Waals surface area (Å²) in [7, 11) is -1.69. The maximum absolute atomic E-state index is 12.7. The van der Waals surface area contributed by atoms with Crippen molar-refractivity contribution in [3.8, 4) is 0 Å². The SMILES string of the molecule is CNCc1c(S(=O)(=O)N2CCC(C(C)C)C2)n[nH]c1C. The predicted octanol–water partition coefficient (Wildman–Crippen LogP) is 1.10. The molecule has 1 unspecified atom stereocenters. The molecule has 0 aromatic carbocycles. The number of hydrogen-bond donors (Lipinski definition) is 2. The molecule has 0 amide bonds. The van der Waals surface area contributed by atoms with Crippen LogP contribution in [0.5, 0.6) is 0 Å². The average molecular weight is 300 g/mol. The van der Waals surface area contributed by atoms with E-state index in [0.717, 1.165) is 17.7 Å². The Morgan fingerprint density at radius 1 is 1.50 bits per heavy atom. The standard InChI is InChI=1S/C13H24N4O2S/c1-9(2)11-5-6-17(8-11)20(18,19)13-12(7-14-4)10(3)15-16-13/h9,11,14H,5-8H2,1-4H3,(H,15,16). The molecule has 1 atom stereocenters. The van der Waals surface area contributed by atoms with E-state index in [4.69, 9.17) is 0 Å². The van der Waals surface area contributed by atoms with Crippen LogP contribution in [-0.4, -0.2) is 43.1 Å². The minimum Gasteiger partial charge on any atom is -0.316 e. The van der Waals surface area contributed by atoms with Crippen molar-refractivity contribution >= 4 is 10.0 Å². The van der Waals surface area contributed by atoms with Gasteiger partial charge in [-0.05, 0) is 32.2 Å². The van der Waals surface area contributed by atoms with Gasteiger partial charge in [0.25, 0.3) is 10.0 Å². The summed E-state index contributed by atoms with van der Waals surface area (Å²) in [6.45, 7) is 7.83. The van der Waals surface area contributed by atoms with E-state index in [2.05, 4.69) is 29.4 Å². The van der Waals surface area contributed by atoms with Crippen molar-refractivity contribution in [2.45, 2.75) is 38.8 Å². The summed E-state index contributed by atoms with van der Waals surface area (Å²) in [5.74, 6) is 0.950. The first-order valence-electron chi connectivity index (χ1n) is 7.06. The Labute approximate surface area is 121 Å². The first-order valence-corrected chi connectivity index (χ1v) is 8.50. The number of sulfonamides is 1. The number of aromatic amines is 1. The third-order valence-electron chi connectivity index (χ3n) is 4.10. The minimum absolute atomic E-state index is 0.175. The molecule has 2 heterocycles. The Kier molecular flexibility index (Phi) is 4.51. The Balaban J connectivity index is 2.28. The van der Waals surface area contributed by atoms with Crippen LogP contribution in [0.4, 0.5) is 0 Å². The highest BCUT2D eigenvalue weighted by Crippen LogP contribution is 2.29. The molecule has 0 aliphatic carbocycles. The van der Waals surface area contributed by atoms with Crippen LogP contribution < -0.4 is 5.32 Å². The van der Waals surface area contributed by atoms with Gasteiger partial charge >= 0.3 is 0 Å². The zero-order chi connectivity index (χ0) is 14.9. The van der Waals surface area contributed by atoms with E-state index in [9.17, 15) is 8.42 Å². The van der Waals surface area contributed by atoms with Crippen LogP contribution in [0, 0.1) is 18.8 Å². The van der Waals surface area contributed by atoms with Crippen LogP contribution in [0.3, 0.4) is 0 Å². The highest BCUT2D eigenvalue weighted by molar-refractivity contribution is 7.89. The van der Waals surface area contributed by atoms with Crippen molar-refractivity contribution in [2.75, 3.05) is 20.1 Å². The van der Waals surface area contributed by atoms with E-state index in [0.29, 0.717) is 31.5 Å². The fourth-order valence-corrected chi connectivity index (χ4v) is 4.34. The number of aromatic nitrogens is 2. The first-order chi connectivity index (χ1) is 9.37. The molecular formula is C13H24N4O2S. The van der Waals surface area contributed by atoms with Gasteiger partial charge in [0.2, 0.25) is 0 Å². The van der Waals surface area contributed by atoms with Crippen molar-refractivity contribution in [1.29, 1.82) is 0 Å². The van der Waals surface area contributed by atoms with Crippen molar-refractivity contribution in [3.05, 3.63) is 11.3 Å². The van der Waals surface area contributed by atoms with Crippen LogP contribution in [0.25, 0.3) is 0 Å². The van der Waals surface area contributed by atoms with Gasteiger partial charge in [0.15, 0.2) is 5.03 Å². The van der Waals surface area contributed by atoms with Gasteiger partial charge < -0.3 is 5.32 Å². The molecule has 6 nitrogen and oxygen atoms in total. The van der Waals surface area contributed by atoms with Gasteiger partial charge in [-0.25, -0.2) is 8.42 Å². The molecule has 0 spiro atoms. The van der Waals surface area contributed by atoms with Crippen LogP contribution >= 0.6 is 0 Å². The lowest BCUT2D eigenvalue weighted by Gasteiger charge is -2.17. The molecule has 1 aromatic heterocycles. The maximum Gasteiger partial charge on any atom is 0.262 e. The largest absolute Gasteiger partial charge is 0.316 e. The third-order valence-corrected chi connectivity index (χ3v) is 5.94. The molecule has 20 heavy (non-hydrogen) atoms. The van der Waals surface area contributed by atoms with E-state index in [1.807, 2.05) is 6.92 Å². The second-order valence-corrected chi connectivity index (χ2v) is 7.67. The quantitative estimate of drug-likeness (QED) is 0.854. The first kappa shape index (κ1) is 15.5. The van der Waals surface area contributed by atoms with Gasteiger partial charge in [0, 0.05) is 30.9 Å². The van der Waals surface area contributed by atoms with E-state index in [1.54, 1.807) is 11.4 Å². The summed E-state index contributed by atoms with van der Waals surface area (Å²) in [5.41, 5.74) is 1.54. The molecule has 114 valence electrons. The van der Waals surface area contributed by atoms with Crippen molar-refractivity contribution in [3.63, 3.8) is 0 Å². The molecule has 1 aromatic rings. The highest BCUT2D eigenvalue weighted by Gasteiger charge is 2.36. The number of nitrogens with one attached hydrogen (secondary N) is 2. The fourth-order valence-electron chi connectivity index (χ4n) is 2.67. The van der Waals surface area contributed by atoms with Crippen molar-refractivity contribution in [1.82, 2.24) is 19.8 Å². The molecule has 1 aliphatic heterocycles. The van der Waals surface area contributed by atoms with E-state index >= 15 is 0 Å². The van der Waals surface area contributed by atoms with E-state index in [-0.39, 0.29) is 5.03 Å². The maximum atomic E-state index is 12.7. The van der Waals surface area contributed by atoms with E-state index in [1.165, 1.54) is 0 Å². The normalized spacial score (nSPS) is 20.9. The molecule has 1 fully saturated rings. The molecule has 1 aliphatic rings. The van der Waals surface area contributed by atoms with Gasteiger partial charge in [-0.15, -0.1) is 0 Å². The van der Waals surface area contributed by atoms with Gasteiger partial charge in [-0.3, -0.25) is 5.10 Å². The van der Waals surface area contributed by atoms with Crippen LogP contribution in [0.2, 0.25) is 0 Å². The molecular weight excluding hydrogens is 276 g/mol. The fraction of sp³-hybridized carbons (Fsp3) is 0.769. The van der Waals surface area contributed by atoms with Crippen LogP contribution in [-0.2, 0) is 16.6 Å². The molecule has 7 heteroatoms. The second kappa shape index (κ2) is 5.83. The summed E-state index contributed by atoms with van der Waals surface area (Å²) in [4.78, 5) is 0. The second-order valence-electron chi connectivity index (χ2n) is 5.82. The van der Waals surface area contributed by atoms with Gasteiger partial charge in [0.05, 0.1) is 0 Å². The molecule has 0 radical (unpaired) electrons. The van der Waals surface area contributed by atoms with Crippen LogP contribution in [0.15, 0.2) is 5.03 Å². The summed E-state index contributed by atoms with van der Waals surface area (Å²) in [6, 6.07) is 0. The van der Waals surface area contributed by atoms with Crippen molar-refractivity contribution < 1.29 is 8.42 Å². The number of aryl methyl sites for hydroxylation is 1. The van der Waals surface area contributed by atoms with Gasteiger partial charge in [0.1, 0.15) is 0 Å². The Bertz CT molecular complexity index is 565. The predicted molar refractivity (Wildman–Crippen MR) is 77.8 cm³/mol. The third kappa shape index (κ3) is 2.75. The summed E-state index contributed by atoms with van der Waals surface area (Å²) in [5, 5.41) is 9.99. The molecule has 0 bridgehead atoms. The molecule has 2 N–H and O–H groups in total. The molecule has 0 saturated carbocycles. The number of hydrogen-bond acceptors (Lipinski definition) is 4. The number of rotatable bonds is 5. The lowest BCUT2D eigenvalue weighted by molar-refractivity contribution is 0.388. The minimum atomic E-state index is -3.49. The van der Waals surface area contributed by atoms with Gasteiger partial charge in [-0.2, -0.15) is 9.40 Å². The Morgan fingerprint density at radius 2 is 2.20 bits per heavy atom. The zero-order valence-corrected chi connectivity index (χ0v) is 13.4. The van der Waals surface area contributed by atoms with Crippen molar-refractivity contribution in [2.24, 2.45) is 11.8 Å².